The molecule has 0 heterocycles. The minimum absolute atomic E-state index is 0.573. The molecule has 0 N–H and O–H groups in total. The van der Waals surface area contributed by atoms with Crippen LogP contribution in [-0.2, 0) is 16.9 Å². The molecule has 0 spiro atoms. The summed E-state index contributed by atoms with van der Waals surface area (Å²) in [5.74, 6) is 0.573. The molecule has 0 fully saturated rings. The van der Waals surface area contributed by atoms with Crippen LogP contribution < -0.4 is 0 Å². The highest BCUT2D eigenvalue weighted by atomic mass is 35.5. The van der Waals surface area contributed by atoms with Gasteiger partial charge in [-0.3, -0.25) is 0 Å². The third kappa shape index (κ3) is 3.87. The van der Waals surface area contributed by atoms with Crippen LogP contribution in [0.25, 0.3) is 0 Å². The number of hydrogen-bond donors (Lipinski definition) is 0. The first-order valence-corrected chi connectivity index (χ1v) is 10.3. The van der Waals surface area contributed by atoms with Crippen molar-refractivity contribution in [3.63, 3.8) is 0 Å². The lowest BCUT2D eigenvalue weighted by molar-refractivity contribution is 0.266. The van der Waals surface area contributed by atoms with E-state index in [4.69, 9.17) is 16.0 Å². The molecule has 114 valence electrons. The summed E-state index contributed by atoms with van der Waals surface area (Å²) < 4.78 is 6.58. The molecule has 1 rings (SSSR count). The Kier molecular flexibility index (Phi) is 6.76. The molecule has 0 atom stereocenters. The van der Waals surface area contributed by atoms with Crippen LogP contribution in [0.15, 0.2) is 24.3 Å². The summed E-state index contributed by atoms with van der Waals surface area (Å²) in [6.07, 6.45) is 0. The molecule has 1 aromatic carbocycles. The van der Waals surface area contributed by atoms with Crippen molar-refractivity contribution >= 4 is 19.9 Å². The predicted octanol–water partition coefficient (Wildman–Crippen LogP) is 6.12. The summed E-state index contributed by atoms with van der Waals surface area (Å²) in [5.41, 5.74) is 4.30. The Morgan fingerprint density at radius 1 is 0.850 bits per heavy atom. The molecule has 20 heavy (non-hydrogen) atoms. The van der Waals surface area contributed by atoms with Gasteiger partial charge in [0.2, 0.25) is 8.32 Å². The Bertz CT molecular complexity index is 376. The molecular formula is C17H29ClOSi. The second kappa shape index (κ2) is 7.63. The van der Waals surface area contributed by atoms with Crippen LogP contribution in [-0.4, -0.2) is 8.32 Å². The van der Waals surface area contributed by atoms with E-state index < -0.39 is 8.32 Å². The predicted molar refractivity (Wildman–Crippen MR) is 91.8 cm³/mol. The Balaban J connectivity index is 2.85. The fraction of sp³-hybridized carbons (Fsp3) is 0.647. The van der Waals surface area contributed by atoms with E-state index in [-0.39, 0.29) is 0 Å². The van der Waals surface area contributed by atoms with Gasteiger partial charge in [-0.25, -0.2) is 0 Å². The molecule has 0 aliphatic carbocycles. The molecule has 0 amide bonds. The number of benzene rings is 1. The first-order valence-electron chi connectivity index (χ1n) is 7.62. The van der Waals surface area contributed by atoms with Gasteiger partial charge in [-0.2, -0.15) is 0 Å². The van der Waals surface area contributed by atoms with Gasteiger partial charge in [0.1, 0.15) is 0 Å². The van der Waals surface area contributed by atoms with Crippen LogP contribution in [0.2, 0.25) is 16.6 Å². The van der Waals surface area contributed by atoms with E-state index in [0.717, 1.165) is 12.2 Å². The lowest BCUT2D eigenvalue weighted by Crippen LogP contribution is -2.47. The Morgan fingerprint density at radius 2 is 1.25 bits per heavy atom. The highest BCUT2D eigenvalue weighted by Gasteiger charge is 2.44. The van der Waals surface area contributed by atoms with Crippen molar-refractivity contribution in [2.75, 3.05) is 0 Å². The van der Waals surface area contributed by atoms with E-state index >= 15 is 0 Å². The third-order valence-corrected chi connectivity index (χ3v) is 10.7. The van der Waals surface area contributed by atoms with Gasteiger partial charge in [0.15, 0.2) is 0 Å². The Morgan fingerprint density at radius 3 is 1.60 bits per heavy atom. The molecule has 0 saturated heterocycles. The quantitative estimate of drug-likeness (QED) is 0.435. The van der Waals surface area contributed by atoms with E-state index in [1.54, 1.807) is 0 Å². The summed E-state index contributed by atoms with van der Waals surface area (Å²) in [6, 6.07) is 8.46. The second-order valence-electron chi connectivity index (χ2n) is 6.56. The minimum atomic E-state index is -1.76. The lowest BCUT2D eigenvalue weighted by atomic mass is 10.2. The maximum atomic E-state index is 6.58. The molecular weight excluding hydrogens is 284 g/mol. The molecule has 3 heteroatoms. The van der Waals surface area contributed by atoms with Gasteiger partial charge < -0.3 is 4.43 Å². The number of rotatable bonds is 7. The minimum Gasteiger partial charge on any atom is -0.412 e. The van der Waals surface area contributed by atoms with E-state index in [9.17, 15) is 0 Å². The van der Waals surface area contributed by atoms with Crippen molar-refractivity contribution in [3.8, 4) is 0 Å². The van der Waals surface area contributed by atoms with Crippen molar-refractivity contribution in [1.82, 2.24) is 0 Å². The van der Waals surface area contributed by atoms with E-state index in [2.05, 4.69) is 65.8 Å². The summed E-state index contributed by atoms with van der Waals surface area (Å²) in [4.78, 5) is 0. The van der Waals surface area contributed by atoms with Crippen LogP contribution in [0.3, 0.4) is 0 Å². The molecule has 0 unspecified atom stereocenters. The van der Waals surface area contributed by atoms with Crippen molar-refractivity contribution in [2.45, 2.75) is 70.7 Å². The molecule has 0 radical (unpaired) electrons. The fourth-order valence-electron chi connectivity index (χ4n) is 3.43. The summed E-state index contributed by atoms with van der Waals surface area (Å²) in [7, 11) is -1.76. The molecule has 1 nitrogen and oxygen atoms in total. The van der Waals surface area contributed by atoms with Gasteiger partial charge in [0.05, 0.1) is 6.61 Å². The first kappa shape index (κ1) is 17.7. The molecule has 0 aromatic heterocycles. The average Bonchev–Trinajstić information content (AvgIpc) is 2.38. The average molecular weight is 313 g/mol. The van der Waals surface area contributed by atoms with Crippen LogP contribution in [0, 0.1) is 0 Å². The smallest absolute Gasteiger partial charge is 0.200 e. The van der Waals surface area contributed by atoms with E-state index in [1.807, 2.05) is 0 Å². The van der Waals surface area contributed by atoms with Crippen molar-refractivity contribution in [1.29, 1.82) is 0 Å². The number of halogens is 1. The number of alkyl halides is 1. The molecule has 0 bridgehead atoms. The summed E-state index contributed by atoms with van der Waals surface area (Å²) >= 11 is 5.83. The maximum absolute atomic E-state index is 6.58. The van der Waals surface area contributed by atoms with Crippen LogP contribution in [0.4, 0.5) is 0 Å². The van der Waals surface area contributed by atoms with Gasteiger partial charge in [0, 0.05) is 5.88 Å². The lowest BCUT2D eigenvalue weighted by Gasteiger charge is -2.42. The van der Waals surface area contributed by atoms with E-state index in [0.29, 0.717) is 22.5 Å². The fourth-order valence-corrected chi connectivity index (χ4v) is 9.03. The summed E-state index contributed by atoms with van der Waals surface area (Å²) in [6.45, 7) is 14.7. The normalized spacial score (nSPS) is 12.7. The topological polar surface area (TPSA) is 9.23 Å². The SMILES string of the molecule is CC(C)[Si](OCc1ccc(CCl)cc1)(C(C)C)C(C)C. The zero-order valence-corrected chi connectivity index (χ0v) is 15.5. The van der Waals surface area contributed by atoms with Gasteiger partial charge in [-0.05, 0) is 27.8 Å². The van der Waals surface area contributed by atoms with Crippen LogP contribution in [0.5, 0.6) is 0 Å². The highest BCUT2D eigenvalue weighted by molar-refractivity contribution is 6.77. The van der Waals surface area contributed by atoms with Gasteiger partial charge in [-0.1, -0.05) is 65.8 Å². The third-order valence-electron chi connectivity index (χ3n) is 4.37. The zero-order valence-electron chi connectivity index (χ0n) is 13.7. The second-order valence-corrected chi connectivity index (χ2v) is 12.3. The first-order chi connectivity index (χ1) is 9.34. The zero-order chi connectivity index (χ0) is 15.3. The van der Waals surface area contributed by atoms with E-state index in [1.165, 1.54) is 5.56 Å². The van der Waals surface area contributed by atoms with Gasteiger partial charge in [0.25, 0.3) is 0 Å². The summed E-state index contributed by atoms with van der Waals surface area (Å²) in [5, 5.41) is 0. The van der Waals surface area contributed by atoms with Gasteiger partial charge >= 0.3 is 0 Å². The molecule has 1 aromatic rings. The molecule has 0 aliphatic rings. The Labute approximate surface area is 130 Å². The molecule has 0 aliphatic heterocycles. The van der Waals surface area contributed by atoms with Crippen molar-refractivity contribution < 1.29 is 4.43 Å². The van der Waals surface area contributed by atoms with Crippen LogP contribution in [0.1, 0.15) is 52.7 Å². The standard InChI is InChI=1S/C17H29ClOSi/c1-13(2)20(14(3)4,15(5)6)19-12-17-9-7-16(11-18)8-10-17/h7-10,13-15H,11-12H2,1-6H3. The van der Waals surface area contributed by atoms with Crippen molar-refractivity contribution in [2.24, 2.45) is 0 Å². The largest absolute Gasteiger partial charge is 0.412 e. The molecule has 0 saturated carbocycles. The highest BCUT2D eigenvalue weighted by Crippen LogP contribution is 2.42. The maximum Gasteiger partial charge on any atom is 0.200 e. The van der Waals surface area contributed by atoms with Crippen LogP contribution >= 0.6 is 11.6 Å². The monoisotopic (exact) mass is 312 g/mol. The number of hydrogen-bond acceptors (Lipinski definition) is 1. The Hall–Kier alpha value is -0.313. The van der Waals surface area contributed by atoms with Gasteiger partial charge in [-0.15, -0.1) is 11.6 Å². The van der Waals surface area contributed by atoms with Crippen molar-refractivity contribution in [3.05, 3.63) is 35.4 Å².